The van der Waals surface area contributed by atoms with Crippen LogP contribution in [0.1, 0.15) is 11.1 Å². The summed E-state index contributed by atoms with van der Waals surface area (Å²) in [6.45, 7) is 1.90. The SMILES string of the molecule is Cc1ccc(NC(=O)Nc2ccc(Cl)cc2C(F)(F)F)cc1-c1c(Br)cnn1C. The number of carbonyl (C=O) groups excluding carboxylic acids is 1. The van der Waals surface area contributed by atoms with Gasteiger partial charge < -0.3 is 10.6 Å². The van der Waals surface area contributed by atoms with Crippen molar-refractivity contribution in [1.82, 2.24) is 9.78 Å². The van der Waals surface area contributed by atoms with Crippen LogP contribution in [0.4, 0.5) is 29.3 Å². The first-order valence-corrected chi connectivity index (χ1v) is 9.46. The smallest absolute Gasteiger partial charge is 0.308 e. The molecule has 3 aromatic rings. The van der Waals surface area contributed by atoms with E-state index in [0.29, 0.717) is 5.69 Å². The van der Waals surface area contributed by atoms with Gasteiger partial charge in [-0.15, -0.1) is 0 Å². The van der Waals surface area contributed by atoms with E-state index in [2.05, 4.69) is 31.7 Å². The molecule has 2 N–H and O–H groups in total. The van der Waals surface area contributed by atoms with Crippen LogP contribution in [0.2, 0.25) is 5.02 Å². The number of aryl methyl sites for hydroxylation is 2. The third kappa shape index (κ3) is 4.73. The highest BCUT2D eigenvalue weighted by molar-refractivity contribution is 9.10. The Morgan fingerprint density at radius 1 is 1.17 bits per heavy atom. The Kier molecular flexibility index (Phi) is 5.90. The third-order valence-corrected chi connectivity index (χ3v) is 5.00. The van der Waals surface area contributed by atoms with E-state index in [-0.39, 0.29) is 10.7 Å². The molecule has 0 aliphatic rings. The zero-order valence-electron chi connectivity index (χ0n) is 15.2. The molecule has 3 rings (SSSR count). The standard InChI is InChI=1S/C19H15BrClF3N4O/c1-10-3-5-12(8-13(10)17-15(20)9-25-28(17)2)26-18(29)27-16-6-4-11(21)7-14(16)19(22,23)24/h3-9H,1-2H3,(H2,26,27,29). The molecule has 0 saturated heterocycles. The van der Waals surface area contributed by atoms with Crippen LogP contribution in [0.5, 0.6) is 0 Å². The van der Waals surface area contributed by atoms with Gasteiger partial charge in [0.05, 0.1) is 27.6 Å². The van der Waals surface area contributed by atoms with Crippen LogP contribution < -0.4 is 10.6 Å². The molecule has 0 unspecified atom stereocenters. The Morgan fingerprint density at radius 2 is 1.90 bits per heavy atom. The van der Waals surface area contributed by atoms with Gasteiger partial charge in [-0.25, -0.2) is 4.79 Å². The number of amides is 2. The predicted octanol–water partition coefficient (Wildman–Crippen LogP) is 6.47. The monoisotopic (exact) mass is 486 g/mol. The van der Waals surface area contributed by atoms with E-state index < -0.39 is 17.8 Å². The van der Waals surface area contributed by atoms with Crippen LogP contribution in [0.3, 0.4) is 0 Å². The van der Waals surface area contributed by atoms with Gasteiger partial charge in [0.15, 0.2) is 0 Å². The molecule has 0 bridgehead atoms. The van der Waals surface area contributed by atoms with Gasteiger partial charge in [-0.2, -0.15) is 18.3 Å². The molecule has 152 valence electrons. The van der Waals surface area contributed by atoms with E-state index >= 15 is 0 Å². The number of anilines is 2. The first-order chi connectivity index (χ1) is 13.6. The molecule has 0 radical (unpaired) electrons. The molecule has 1 heterocycles. The van der Waals surface area contributed by atoms with Crippen molar-refractivity contribution in [3.05, 3.63) is 63.2 Å². The molecule has 2 aromatic carbocycles. The molecule has 0 spiro atoms. The van der Waals surface area contributed by atoms with Crippen molar-refractivity contribution in [2.45, 2.75) is 13.1 Å². The van der Waals surface area contributed by atoms with Crippen molar-refractivity contribution in [3.63, 3.8) is 0 Å². The minimum Gasteiger partial charge on any atom is -0.308 e. The minimum absolute atomic E-state index is 0.0757. The van der Waals surface area contributed by atoms with Gasteiger partial charge in [-0.3, -0.25) is 4.68 Å². The number of aromatic nitrogens is 2. The number of carbonyl (C=O) groups is 1. The molecule has 0 aliphatic carbocycles. The normalized spacial score (nSPS) is 11.4. The molecule has 1 aromatic heterocycles. The number of nitrogens with one attached hydrogen (secondary N) is 2. The Hall–Kier alpha value is -2.52. The Bertz CT molecular complexity index is 1060. The van der Waals surface area contributed by atoms with Crippen LogP contribution in [0.25, 0.3) is 11.3 Å². The van der Waals surface area contributed by atoms with Crippen molar-refractivity contribution >= 4 is 44.9 Å². The second-order valence-electron chi connectivity index (χ2n) is 6.26. The Labute approximate surface area is 178 Å². The second-order valence-corrected chi connectivity index (χ2v) is 7.55. The molecular weight excluding hydrogens is 473 g/mol. The van der Waals surface area contributed by atoms with Crippen LogP contribution in [-0.4, -0.2) is 15.8 Å². The second kappa shape index (κ2) is 8.08. The molecule has 0 aliphatic heterocycles. The van der Waals surface area contributed by atoms with Gasteiger partial charge in [0.25, 0.3) is 0 Å². The summed E-state index contributed by atoms with van der Waals surface area (Å²) in [6, 6.07) is 7.53. The summed E-state index contributed by atoms with van der Waals surface area (Å²) >= 11 is 9.10. The lowest BCUT2D eigenvalue weighted by Gasteiger charge is -2.15. The summed E-state index contributed by atoms with van der Waals surface area (Å²) in [5.41, 5.74) is 1.57. The zero-order valence-corrected chi connectivity index (χ0v) is 17.6. The summed E-state index contributed by atoms with van der Waals surface area (Å²) in [5.74, 6) is 0. The van der Waals surface area contributed by atoms with E-state index in [1.807, 2.05) is 6.92 Å². The maximum atomic E-state index is 13.2. The lowest BCUT2D eigenvalue weighted by atomic mass is 10.0. The lowest BCUT2D eigenvalue weighted by molar-refractivity contribution is -0.136. The fourth-order valence-electron chi connectivity index (χ4n) is 2.81. The number of alkyl halides is 3. The van der Waals surface area contributed by atoms with E-state index in [9.17, 15) is 18.0 Å². The maximum Gasteiger partial charge on any atom is 0.418 e. The molecule has 5 nitrogen and oxygen atoms in total. The summed E-state index contributed by atoms with van der Waals surface area (Å²) in [5, 5.41) is 8.88. The van der Waals surface area contributed by atoms with E-state index in [1.54, 1.807) is 36.1 Å². The van der Waals surface area contributed by atoms with Gasteiger partial charge in [0.1, 0.15) is 0 Å². The maximum absolute atomic E-state index is 13.2. The van der Waals surface area contributed by atoms with Crippen LogP contribution in [0, 0.1) is 6.92 Å². The summed E-state index contributed by atoms with van der Waals surface area (Å²) < 4.78 is 42.0. The van der Waals surface area contributed by atoms with Crippen LogP contribution >= 0.6 is 27.5 Å². The van der Waals surface area contributed by atoms with Gasteiger partial charge >= 0.3 is 12.2 Å². The first kappa shape index (κ1) is 21.2. The zero-order chi connectivity index (χ0) is 21.3. The molecule has 10 heteroatoms. The van der Waals surface area contributed by atoms with Gasteiger partial charge in [0.2, 0.25) is 0 Å². The van der Waals surface area contributed by atoms with E-state index in [4.69, 9.17) is 11.6 Å². The van der Waals surface area contributed by atoms with E-state index in [0.717, 1.165) is 33.4 Å². The third-order valence-electron chi connectivity index (χ3n) is 4.18. The number of hydrogen-bond donors (Lipinski definition) is 2. The highest BCUT2D eigenvalue weighted by atomic mass is 79.9. The molecule has 2 amide bonds. The van der Waals surface area contributed by atoms with E-state index in [1.165, 1.54) is 6.07 Å². The summed E-state index contributed by atoms with van der Waals surface area (Å²) in [6.07, 6.45) is -3.00. The summed E-state index contributed by atoms with van der Waals surface area (Å²) in [7, 11) is 1.78. The molecular formula is C19H15BrClF3N4O. The predicted molar refractivity (Wildman–Crippen MR) is 110 cm³/mol. The first-order valence-electron chi connectivity index (χ1n) is 8.29. The number of urea groups is 1. The Balaban J connectivity index is 1.85. The van der Waals surface area contributed by atoms with Crippen molar-refractivity contribution in [2.24, 2.45) is 7.05 Å². The quantitative estimate of drug-likeness (QED) is 0.444. The summed E-state index contributed by atoms with van der Waals surface area (Å²) in [4.78, 5) is 12.3. The number of halogens is 5. The number of nitrogens with zero attached hydrogens (tertiary/aromatic N) is 2. The fourth-order valence-corrected chi connectivity index (χ4v) is 3.55. The van der Waals surface area contributed by atoms with Crippen molar-refractivity contribution in [1.29, 1.82) is 0 Å². The number of benzene rings is 2. The molecule has 29 heavy (non-hydrogen) atoms. The molecule has 0 fully saturated rings. The number of hydrogen-bond acceptors (Lipinski definition) is 2. The Morgan fingerprint density at radius 3 is 2.52 bits per heavy atom. The molecule has 0 atom stereocenters. The van der Waals surface area contributed by atoms with Crippen LogP contribution in [-0.2, 0) is 13.2 Å². The topological polar surface area (TPSA) is 59.0 Å². The minimum atomic E-state index is -4.66. The van der Waals surface area contributed by atoms with Gasteiger partial charge in [-0.1, -0.05) is 17.7 Å². The van der Waals surface area contributed by atoms with Crippen molar-refractivity contribution in [2.75, 3.05) is 10.6 Å². The number of rotatable bonds is 3. The molecule has 0 saturated carbocycles. The fraction of sp³-hybridized carbons (Fsp3) is 0.158. The van der Waals surface area contributed by atoms with Gasteiger partial charge in [-0.05, 0) is 58.7 Å². The lowest BCUT2D eigenvalue weighted by Crippen LogP contribution is -2.22. The van der Waals surface area contributed by atoms with Crippen molar-refractivity contribution in [3.8, 4) is 11.3 Å². The highest BCUT2D eigenvalue weighted by Gasteiger charge is 2.34. The average molecular weight is 488 g/mol. The van der Waals surface area contributed by atoms with Crippen LogP contribution in [0.15, 0.2) is 47.1 Å². The average Bonchev–Trinajstić information content (AvgIpc) is 2.96. The van der Waals surface area contributed by atoms with Crippen molar-refractivity contribution < 1.29 is 18.0 Å². The highest BCUT2D eigenvalue weighted by Crippen LogP contribution is 2.37. The largest absolute Gasteiger partial charge is 0.418 e. The van der Waals surface area contributed by atoms with Gasteiger partial charge in [0, 0.05) is 23.3 Å².